The molecule has 2 aliphatic carbocycles. The Balaban J connectivity index is 1.50. The fourth-order valence-corrected chi connectivity index (χ4v) is 4.05. The molecular formula is C16H26O2. The second-order valence-corrected chi connectivity index (χ2v) is 6.43. The van der Waals surface area contributed by atoms with E-state index in [9.17, 15) is 0 Å². The van der Waals surface area contributed by atoms with Crippen molar-refractivity contribution in [3.63, 3.8) is 0 Å². The lowest BCUT2D eigenvalue weighted by Gasteiger charge is -2.37. The lowest BCUT2D eigenvalue weighted by molar-refractivity contribution is -0.0464. The molecule has 2 unspecified atom stereocenters. The normalized spacial score (nSPS) is 37.4. The van der Waals surface area contributed by atoms with Crippen LogP contribution in [0.2, 0.25) is 0 Å². The van der Waals surface area contributed by atoms with E-state index in [1.807, 2.05) is 0 Å². The molecule has 0 aromatic rings. The van der Waals surface area contributed by atoms with Crippen molar-refractivity contribution in [2.45, 2.75) is 64.6 Å². The van der Waals surface area contributed by atoms with Gasteiger partial charge in [-0.2, -0.15) is 0 Å². The molecule has 1 aliphatic heterocycles. The van der Waals surface area contributed by atoms with Gasteiger partial charge in [0.15, 0.2) is 6.29 Å². The summed E-state index contributed by atoms with van der Waals surface area (Å²) in [6.45, 7) is 4.03. The third-order valence-corrected chi connectivity index (χ3v) is 5.49. The molecule has 2 heteroatoms. The van der Waals surface area contributed by atoms with E-state index in [1.54, 1.807) is 5.57 Å². The number of rotatable bonds is 3. The average Bonchev–Trinajstić information content (AvgIpc) is 3.01. The molecule has 1 saturated heterocycles. The topological polar surface area (TPSA) is 18.5 Å². The molecule has 102 valence electrons. The Hall–Kier alpha value is -0.340. The van der Waals surface area contributed by atoms with Crippen molar-refractivity contribution in [3.05, 3.63) is 11.6 Å². The third kappa shape index (κ3) is 2.50. The molecule has 0 radical (unpaired) electrons. The zero-order valence-corrected chi connectivity index (χ0v) is 11.6. The van der Waals surface area contributed by atoms with Gasteiger partial charge < -0.3 is 9.47 Å². The van der Waals surface area contributed by atoms with Crippen LogP contribution in [0.15, 0.2) is 11.6 Å². The van der Waals surface area contributed by atoms with E-state index in [0.717, 1.165) is 25.6 Å². The predicted molar refractivity (Wildman–Crippen MR) is 72.3 cm³/mol. The van der Waals surface area contributed by atoms with Gasteiger partial charge in [-0.15, -0.1) is 0 Å². The first-order valence-corrected chi connectivity index (χ1v) is 7.70. The number of hydrogen-bond acceptors (Lipinski definition) is 2. The second-order valence-electron chi connectivity index (χ2n) is 6.43. The van der Waals surface area contributed by atoms with Gasteiger partial charge in [0, 0.05) is 6.42 Å². The standard InChI is InChI=1S/C16H26O2/c1-13-3-2-8-16(13)9-6-14(7-10-16)4-5-15-17-11-12-18-15/h6,13,15H,2-5,7-12H2,1H3. The summed E-state index contributed by atoms with van der Waals surface area (Å²) in [7, 11) is 0. The van der Waals surface area contributed by atoms with Crippen LogP contribution in [0.1, 0.15) is 58.3 Å². The Bertz CT molecular complexity index is 317. The van der Waals surface area contributed by atoms with Crippen LogP contribution >= 0.6 is 0 Å². The minimum Gasteiger partial charge on any atom is -0.350 e. The molecule has 0 aromatic heterocycles. The zero-order valence-electron chi connectivity index (χ0n) is 11.6. The number of allylic oxidation sites excluding steroid dienone is 2. The van der Waals surface area contributed by atoms with E-state index in [4.69, 9.17) is 9.47 Å². The maximum Gasteiger partial charge on any atom is 0.158 e. The van der Waals surface area contributed by atoms with Gasteiger partial charge in [0.05, 0.1) is 13.2 Å². The van der Waals surface area contributed by atoms with Crippen LogP contribution in [-0.4, -0.2) is 19.5 Å². The minimum atomic E-state index is 0.0761. The lowest BCUT2D eigenvalue weighted by atomic mass is 9.68. The highest BCUT2D eigenvalue weighted by atomic mass is 16.7. The molecule has 2 nitrogen and oxygen atoms in total. The Morgan fingerprint density at radius 3 is 2.72 bits per heavy atom. The first kappa shape index (κ1) is 12.7. The molecule has 0 N–H and O–H groups in total. The molecule has 3 rings (SSSR count). The van der Waals surface area contributed by atoms with E-state index in [1.165, 1.54) is 44.9 Å². The predicted octanol–water partition coefficient (Wildman–Crippen LogP) is 4.06. The molecule has 3 aliphatic rings. The Kier molecular flexibility index (Phi) is 3.76. The maximum absolute atomic E-state index is 5.50. The van der Waals surface area contributed by atoms with E-state index < -0.39 is 0 Å². The quantitative estimate of drug-likeness (QED) is 0.703. The van der Waals surface area contributed by atoms with Crippen LogP contribution in [0.25, 0.3) is 0 Å². The molecular weight excluding hydrogens is 224 g/mol. The van der Waals surface area contributed by atoms with Gasteiger partial charge >= 0.3 is 0 Å². The van der Waals surface area contributed by atoms with Gasteiger partial charge in [0.1, 0.15) is 0 Å². The first-order valence-electron chi connectivity index (χ1n) is 7.70. The van der Waals surface area contributed by atoms with E-state index in [-0.39, 0.29) is 6.29 Å². The molecule has 1 spiro atoms. The highest BCUT2D eigenvalue weighted by Gasteiger charge is 2.40. The van der Waals surface area contributed by atoms with Crippen molar-refractivity contribution in [2.24, 2.45) is 11.3 Å². The number of hydrogen-bond donors (Lipinski definition) is 0. The van der Waals surface area contributed by atoms with Crippen LogP contribution in [-0.2, 0) is 9.47 Å². The fourth-order valence-electron chi connectivity index (χ4n) is 4.05. The average molecular weight is 250 g/mol. The molecule has 2 fully saturated rings. The van der Waals surface area contributed by atoms with Gasteiger partial charge in [-0.1, -0.05) is 31.4 Å². The van der Waals surface area contributed by atoms with Crippen molar-refractivity contribution in [2.75, 3.05) is 13.2 Å². The zero-order chi connectivity index (χ0) is 12.4. The van der Waals surface area contributed by atoms with Crippen LogP contribution < -0.4 is 0 Å². The summed E-state index contributed by atoms with van der Waals surface area (Å²) >= 11 is 0. The van der Waals surface area contributed by atoms with Crippen molar-refractivity contribution < 1.29 is 9.47 Å². The highest BCUT2D eigenvalue weighted by molar-refractivity contribution is 5.11. The summed E-state index contributed by atoms with van der Waals surface area (Å²) in [6.07, 6.45) is 13.3. The molecule has 0 bridgehead atoms. The molecule has 18 heavy (non-hydrogen) atoms. The van der Waals surface area contributed by atoms with E-state index >= 15 is 0 Å². The molecule has 0 aromatic carbocycles. The SMILES string of the molecule is CC1CCCC12CC=C(CCC1OCCO1)CC2. The van der Waals surface area contributed by atoms with Crippen molar-refractivity contribution in [1.82, 2.24) is 0 Å². The summed E-state index contributed by atoms with van der Waals surface area (Å²) in [5, 5.41) is 0. The maximum atomic E-state index is 5.50. The van der Waals surface area contributed by atoms with Gasteiger partial charge in [-0.3, -0.25) is 0 Å². The fraction of sp³-hybridized carbons (Fsp3) is 0.875. The van der Waals surface area contributed by atoms with Crippen LogP contribution in [0.4, 0.5) is 0 Å². The third-order valence-electron chi connectivity index (χ3n) is 5.49. The van der Waals surface area contributed by atoms with Crippen molar-refractivity contribution >= 4 is 0 Å². The smallest absolute Gasteiger partial charge is 0.158 e. The molecule has 1 heterocycles. The van der Waals surface area contributed by atoms with Gasteiger partial charge in [0.2, 0.25) is 0 Å². The Morgan fingerprint density at radius 1 is 1.28 bits per heavy atom. The van der Waals surface area contributed by atoms with Gasteiger partial charge in [-0.05, 0) is 43.4 Å². The van der Waals surface area contributed by atoms with Crippen LogP contribution in [0.3, 0.4) is 0 Å². The molecule has 1 saturated carbocycles. The summed E-state index contributed by atoms with van der Waals surface area (Å²) < 4.78 is 11.0. The first-order chi connectivity index (χ1) is 8.78. The summed E-state index contributed by atoms with van der Waals surface area (Å²) in [5.74, 6) is 0.941. The number of ether oxygens (including phenoxy) is 2. The Labute approximate surface area is 111 Å². The molecule has 0 amide bonds. The van der Waals surface area contributed by atoms with E-state index in [2.05, 4.69) is 13.0 Å². The minimum absolute atomic E-state index is 0.0761. The van der Waals surface area contributed by atoms with Crippen LogP contribution in [0.5, 0.6) is 0 Å². The highest BCUT2D eigenvalue weighted by Crippen LogP contribution is 2.52. The monoisotopic (exact) mass is 250 g/mol. The largest absolute Gasteiger partial charge is 0.350 e. The summed E-state index contributed by atoms with van der Waals surface area (Å²) in [5.41, 5.74) is 2.32. The van der Waals surface area contributed by atoms with Gasteiger partial charge in [0.25, 0.3) is 0 Å². The summed E-state index contributed by atoms with van der Waals surface area (Å²) in [4.78, 5) is 0. The van der Waals surface area contributed by atoms with Crippen LogP contribution in [0, 0.1) is 11.3 Å². The lowest BCUT2D eigenvalue weighted by Crippen LogP contribution is -2.26. The van der Waals surface area contributed by atoms with Gasteiger partial charge in [-0.25, -0.2) is 0 Å². The summed E-state index contributed by atoms with van der Waals surface area (Å²) in [6, 6.07) is 0. The molecule has 2 atom stereocenters. The van der Waals surface area contributed by atoms with Crippen molar-refractivity contribution in [3.8, 4) is 0 Å². The van der Waals surface area contributed by atoms with E-state index in [0.29, 0.717) is 5.41 Å². The second kappa shape index (κ2) is 5.34. The van der Waals surface area contributed by atoms with Crippen molar-refractivity contribution in [1.29, 1.82) is 0 Å². The Morgan fingerprint density at radius 2 is 2.11 bits per heavy atom.